The molecule has 3 heterocycles. The Balaban J connectivity index is 1.44. The third-order valence-corrected chi connectivity index (χ3v) is 7.88. The SMILES string of the molecule is O=C(NCc1ccccc1)C1N(CCO)C(=O)[C@@H]2[C@H](C(=O)Nc3ccccc3)[C@H]3OC12CC3Br. The fourth-order valence-corrected chi connectivity index (χ4v) is 6.65. The van der Waals surface area contributed by atoms with Crippen LogP contribution in [0.1, 0.15) is 12.0 Å². The number of hydrogen-bond donors (Lipinski definition) is 3. The van der Waals surface area contributed by atoms with Crippen LogP contribution in [0.3, 0.4) is 0 Å². The summed E-state index contributed by atoms with van der Waals surface area (Å²) in [6.45, 7) is 0.00469. The van der Waals surface area contributed by atoms with Gasteiger partial charge in [0, 0.05) is 23.6 Å². The summed E-state index contributed by atoms with van der Waals surface area (Å²) in [5.74, 6) is -2.54. The molecule has 0 aliphatic carbocycles. The molecule has 3 aliphatic rings. The lowest BCUT2D eigenvalue weighted by Gasteiger charge is -2.34. The monoisotopic (exact) mass is 527 g/mol. The molecule has 178 valence electrons. The molecule has 5 rings (SSSR count). The number of β-amino-alcohol motifs (C(OH)–C–C–N with tert-alkyl or cyclic N) is 1. The highest BCUT2D eigenvalue weighted by Gasteiger charge is 2.76. The zero-order valence-corrected chi connectivity index (χ0v) is 20.0. The highest BCUT2D eigenvalue weighted by atomic mass is 79.9. The third kappa shape index (κ3) is 3.72. The molecule has 0 radical (unpaired) electrons. The molecule has 2 aromatic rings. The van der Waals surface area contributed by atoms with E-state index in [1.165, 1.54) is 4.90 Å². The van der Waals surface area contributed by atoms with E-state index in [0.717, 1.165) is 5.56 Å². The molecule has 3 saturated heterocycles. The van der Waals surface area contributed by atoms with Gasteiger partial charge in [0.15, 0.2) is 0 Å². The molecule has 3 amide bonds. The van der Waals surface area contributed by atoms with E-state index in [0.29, 0.717) is 18.7 Å². The van der Waals surface area contributed by atoms with E-state index in [1.54, 1.807) is 12.1 Å². The van der Waals surface area contributed by atoms with Gasteiger partial charge in [0.2, 0.25) is 17.7 Å². The van der Waals surface area contributed by atoms with Crippen molar-refractivity contribution in [2.45, 2.75) is 35.5 Å². The standard InChI is InChI=1S/C25H26BrN3O5/c26-17-13-25-19(18(20(17)34-25)22(31)28-16-9-5-2-6-10-16)24(33)29(11-12-30)21(25)23(32)27-14-15-7-3-1-4-8-15/h1-10,17-21,30H,11-14H2,(H,27,32)(H,28,31)/t17?,18-,19-,20-,21?,25?/m0/s1. The van der Waals surface area contributed by atoms with Crippen LogP contribution in [0.2, 0.25) is 0 Å². The number of carbonyl (C=O) groups is 3. The Morgan fingerprint density at radius 3 is 2.44 bits per heavy atom. The summed E-state index contributed by atoms with van der Waals surface area (Å²) in [6, 6.07) is 17.6. The number of anilines is 1. The molecule has 9 heteroatoms. The quantitative estimate of drug-likeness (QED) is 0.475. The molecule has 2 bridgehead atoms. The number of benzene rings is 2. The lowest BCUT2D eigenvalue weighted by atomic mass is 9.70. The van der Waals surface area contributed by atoms with Crippen LogP contribution in [-0.4, -0.2) is 63.5 Å². The Labute approximate surface area is 205 Å². The molecule has 0 saturated carbocycles. The molecule has 34 heavy (non-hydrogen) atoms. The van der Waals surface area contributed by atoms with Crippen molar-refractivity contribution in [2.75, 3.05) is 18.5 Å². The van der Waals surface area contributed by atoms with Crippen LogP contribution in [0.4, 0.5) is 5.69 Å². The summed E-state index contributed by atoms with van der Waals surface area (Å²) in [7, 11) is 0. The summed E-state index contributed by atoms with van der Waals surface area (Å²) in [6.07, 6.45) is -0.104. The van der Waals surface area contributed by atoms with E-state index < -0.39 is 29.6 Å². The summed E-state index contributed by atoms with van der Waals surface area (Å²) < 4.78 is 6.39. The number of carbonyl (C=O) groups excluding carboxylic acids is 3. The number of alkyl halides is 1. The molecule has 3 aliphatic heterocycles. The topological polar surface area (TPSA) is 108 Å². The van der Waals surface area contributed by atoms with Gasteiger partial charge >= 0.3 is 0 Å². The number of likely N-dealkylation sites (tertiary alicyclic amines) is 1. The van der Waals surface area contributed by atoms with Crippen LogP contribution >= 0.6 is 15.9 Å². The normalized spacial score (nSPS) is 31.4. The first-order valence-corrected chi connectivity index (χ1v) is 12.3. The second-order valence-corrected chi connectivity index (χ2v) is 10.2. The number of ether oxygens (including phenoxy) is 1. The molecular weight excluding hydrogens is 502 g/mol. The third-order valence-electron chi connectivity index (χ3n) is 7.03. The number of aliphatic hydroxyl groups excluding tert-OH is 1. The Morgan fingerprint density at radius 2 is 1.76 bits per heavy atom. The first-order valence-electron chi connectivity index (χ1n) is 11.4. The highest BCUT2D eigenvalue weighted by Crippen LogP contribution is 2.60. The molecule has 8 nitrogen and oxygen atoms in total. The van der Waals surface area contributed by atoms with Crippen molar-refractivity contribution < 1.29 is 24.2 Å². The van der Waals surface area contributed by atoms with Crippen molar-refractivity contribution in [3.05, 3.63) is 66.2 Å². The van der Waals surface area contributed by atoms with E-state index in [-0.39, 0.29) is 35.7 Å². The zero-order chi connectivity index (χ0) is 23.9. The van der Waals surface area contributed by atoms with Gasteiger partial charge in [-0.3, -0.25) is 14.4 Å². The summed E-state index contributed by atoms with van der Waals surface area (Å²) in [5.41, 5.74) is 0.424. The maximum Gasteiger partial charge on any atom is 0.246 e. The molecule has 1 spiro atoms. The number of aliphatic hydroxyl groups is 1. The minimum atomic E-state index is -1.13. The molecule has 3 N–H and O–H groups in total. The minimum absolute atomic E-state index is 0.00545. The van der Waals surface area contributed by atoms with Crippen molar-refractivity contribution in [1.29, 1.82) is 0 Å². The predicted molar refractivity (Wildman–Crippen MR) is 128 cm³/mol. The average molecular weight is 528 g/mol. The maximum absolute atomic E-state index is 13.6. The number of amides is 3. The number of nitrogens with zero attached hydrogens (tertiary/aromatic N) is 1. The van der Waals surface area contributed by atoms with Crippen LogP contribution in [0.5, 0.6) is 0 Å². The molecule has 2 aromatic carbocycles. The van der Waals surface area contributed by atoms with Gasteiger partial charge in [-0.25, -0.2) is 0 Å². The highest BCUT2D eigenvalue weighted by molar-refractivity contribution is 9.09. The van der Waals surface area contributed by atoms with Crippen molar-refractivity contribution in [3.63, 3.8) is 0 Å². The second kappa shape index (κ2) is 9.13. The van der Waals surface area contributed by atoms with Crippen molar-refractivity contribution >= 4 is 39.3 Å². The lowest BCUT2D eigenvalue weighted by molar-refractivity contribution is -0.142. The number of para-hydroxylation sites is 1. The van der Waals surface area contributed by atoms with E-state index in [2.05, 4.69) is 26.6 Å². The van der Waals surface area contributed by atoms with Crippen LogP contribution in [0, 0.1) is 11.8 Å². The van der Waals surface area contributed by atoms with Crippen molar-refractivity contribution in [3.8, 4) is 0 Å². The van der Waals surface area contributed by atoms with Gasteiger partial charge in [-0.15, -0.1) is 0 Å². The summed E-state index contributed by atoms with van der Waals surface area (Å²) in [4.78, 5) is 41.6. The van der Waals surface area contributed by atoms with E-state index in [9.17, 15) is 19.5 Å². The van der Waals surface area contributed by atoms with Crippen LogP contribution in [0.15, 0.2) is 60.7 Å². The van der Waals surface area contributed by atoms with Gasteiger partial charge in [-0.2, -0.15) is 0 Å². The summed E-state index contributed by atoms with van der Waals surface area (Å²) in [5, 5.41) is 15.5. The maximum atomic E-state index is 13.6. The largest absolute Gasteiger partial charge is 0.395 e. The fraction of sp³-hybridized carbons (Fsp3) is 0.400. The molecule has 3 fully saturated rings. The Kier molecular flexibility index (Phi) is 6.18. The van der Waals surface area contributed by atoms with Gasteiger partial charge in [0.05, 0.1) is 24.5 Å². The van der Waals surface area contributed by atoms with E-state index in [1.807, 2.05) is 48.5 Å². The fourth-order valence-electron chi connectivity index (χ4n) is 5.71. The van der Waals surface area contributed by atoms with E-state index >= 15 is 0 Å². The lowest BCUT2D eigenvalue weighted by Crippen LogP contribution is -2.56. The van der Waals surface area contributed by atoms with Gasteiger partial charge in [0.1, 0.15) is 11.6 Å². The van der Waals surface area contributed by atoms with Crippen LogP contribution in [-0.2, 0) is 25.7 Å². The Morgan fingerprint density at radius 1 is 1.09 bits per heavy atom. The average Bonchev–Trinajstić information content (AvgIpc) is 3.43. The summed E-state index contributed by atoms with van der Waals surface area (Å²) >= 11 is 3.64. The van der Waals surface area contributed by atoms with Crippen molar-refractivity contribution in [1.82, 2.24) is 10.2 Å². The first-order chi connectivity index (χ1) is 16.5. The smallest absolute Gasteiger partial charge is 0.246 e. The van der Waals surface area contributed by atoms with Crippen LogP contribution < -0.4 is 10.6 Å². The first kappa shape index (κ1) is 23.0. The zero-order valence-electron chi connectivity index (χ0n) is 18.4. The van der Waals surface area contributed by atoms with Gasteiger partial charge in [-0.1, -0.05) is 64.5 Å². The second-order valence-electron chi connectivity index (χ2n) is 8.98. The Hall–Kier alpha value is -2.75. The van der Waals surface area contributed by atoms with Crippen molar-refractivity contribution in [2.24, 2.45) is 11.8 Å². The van der Waals surface area contributed by atoms with Crippen LogP contribution in [0.25, 0.3) is 0 Å². The van der Waals surface area contributed by atoms with Gasteiger partial charge in [0.25, 0.3) is 0 Å². The number of halogens is 1. The molecule has 0 aromatic heterocycles. The number of hydrogen-bond acceptors (Lipinski definition) is 5. The number of nitrogens with one attached hydrogen (secondary N) is 2. The minimum Gasteiger partial charge on any atom is -0.395 e. The number of rotatable bonds is 7. The molecule has 3 unspecified atom stereocenters. The predicted octanol–water partition coefficient (Wildman–Crippen LogP) is 1.68. The molecule has 6 atom stereocenters. The number of fused-ring (bicyclic) bond motifs is 1. The van der Waals surface area contributed by atoms with Gasteiger partial charge in [-0.05, 0) is 24.1 Å². The Bertz CT molecular complexity index is 1080. The van der Waals surface area contributed by atoms with E-state index in [4.69, 9.17) is 4.74 Å². The molecular formula is C25H26BrN3O5. The van der Waals surface area contributed by atoms with Gasteiger partial charge < -0.3 is 25.4 Å².